The van der Waals surface area contributed by atoms with Crippen LogP contribution in [0.15, 0.2) is 48.5 Å². The molecule has 3 N–H and O–H groups in total. The van der Waals surface area contributed by atoms with Crippen molar-refractivity contribution in [2.75, 3.05) is 32.1 Å². The van der Waals surface area contributed by atoms with Gasteiger partial charge in [0.15, 0.2) is 0 Å². The summed E-state index contributed by atoms with van der Waals surface area (Å²) in [4.78, 5) is 44.8. The Hall–Kier alpha value is -3.39. The number of carbonyl (C=O) groups excluding carboxylic acids is 3. The average molecular weight is 547 g/mol. The van der Waals surface area contributed by atoms with Crippen molar-refractivity contribution >= 4 is 23.4 Å². The molecule has 2 aliphatic heterocycles. The quantitative estimate of drug-likeness (QED) is 0.528. The van der Waals surface area contributed by atoms with Gasteiger partial charge in [0.25, 0.3) is 0 Å². The molecule has 8 heteroatoms. The van der Waals surface area contributed by atoms with E-state index in [0.29, 0.717) is 45.2 Å². The van der Waals surface area contributed by atoms with Crippen molar-refractivity contribution in [3.05, 3.63) is 59.7 Å². The molecule has 2 fully saturated rings. The van der Waals surface area contributed by atoms with Gasteiger partial charge in [0.1, 0.15) is 5.75 Å². The number of para-hydroxylation sites is 1. The third-order valence-electron chi connectivity index (χ3n) is 9.74. The number of piperidine rings is 1. The fraction of sp³-hybridized carbons (Fsp3) is 0.531. The molecule has 2 aromatic carbocycles. The number of nitrogens with zero attached hydrogens (tertiary/aromatic N) is 2. The maximum absolute atomic E-state index is 14.3. The van der Waals surface area contributed by atoms with Gasteiger partial charge < -0.3 is 25.6 Å². The zero-order valence-corrected chi connectivity index (χ0v) is 24.1. The number of fused-ring (bicyclic) bond motifs is 1. The third kappa shape index (κ3) is 4.76. The summed E-state index contributed by atoms with van der Waals surface area (Å²) in [7, 11) is 3.52. The van der Waals surface area contributed by atoms with E-state index in [1.54, 1.807) is 7.11 Å². The summed E-state index contributed by atoms with van der Waals surface area (Å²) in [5, 5.41) is 3.30. The van der Waals surface area contributed by atoms with Gasteiger partial charge in [-0.2, -0.15) is 0 Å². The van der Waals surface area contributed by atoms with Crippen molar-refractivity contribution < 1.29 is 19.1 Å². The van der Waals surface area contributed by atoms with E-state index < -0.39 is 22.7 Å². The molecule has 2 aromatic rings. The summed E-state index contributed by atoms with van der Waals surface area (Å²) in [6.45, 7) is 5.05. The van der Waals surface area contributed by atoms with Gasteiger partial charge in [0.05, 0.1) is 23.9 Å². The lowest BCUT2D eigenvalue weighted by atomic mass is 9.69. The second-order valence-electron chi connectivity index (χ2n) is 12.2. The number of nitrogens with one attached hydrogen (secondary N) is 1. The highest BCUT2D eigenvalue weighted by molar-refractivity contribution is 6.08. The van der Waals surface area contributed by atoms with Crippen molar-refractivity contribution in [3.8, 4) is 5.75 Å². The van der Waals surface area contributed by atoms with Crippen molar-refractivity contribution in [1.29, 1.82) is 0 Å². The zero-order valence-electron chi connectivity index (χ0n) is 24.1. The van der Waals surface area contributed by atoms with Gasteiger partial charge >= 0.3 is 0 Å². The maximum atomic E-state index is 14.3. The zero-order chi connectivity index (χ0) is 28.7. The van der Waals surface area contributed by atoms with E-state index in [9.17, 15) is 14.4 Å². The number of likely N-dealkylation sites (tertiary alicyclic amines) is 1. The van der Waals surface area contributed by atoms with Crippen LogP contribution in [0.2, 0.25) is 0 Å². The highest BCUT2D eigenvalue weighted by atomic mass is 16.5. The molecule has 1 aliphatic carbocycles. The van der Waals surface area contributed by atoms with Gasteiger partial charge in [-0.05, 0) is 88.7 Å². The first-order valence-electron chi connectivity index (χ1n) is 14.4. The summed E-state index contributed by atoms with van der Waals surface area (Å²) >= 11 is 0. The molecule has 3 amide bonds. The predicted octanol–water partition coefficient (Wildman–Crippen LogP) is 3.41. The SMILES string of the molecule is CNC1CCC(C(N)=O)([C@H](Cc2ccc(OC)cc2)C(=O)N2CCC(N3C(=O)C(C)(C)c4ccccc43)CC2)C1. The van der Waals surface area contributed by atoms with Crippen LogP contribution in [-0.2, 0) is 26.2 Å². The summed E-state index contributed by atoms with van der Waals surface area (Å²) in [5.41, 5.74) is 7.65. The van der Waals surface area contributed by atoms with Crippen LogP contribution in [0, 0.1) is 11.3 Å². The van der Waals surface area contributed by atoms with Gasteiger partial charge in [-0.1, -0.05) is 30.3 Å². The molecule has 8 nitrogen and oxygen atoms in total. The number of hydrogen-bond donors (Lipinski definition) is 2. The number of carbonyl (C=O) groups is 3. The molecular formula is C32H42N4O4. The van der Waals surface area contributed by atoms with Crippen molar-refractivity contribution in [2.24, 2.45) is 17.1 Å². The molecular weight excluding hydrogens is 504 g/mol. The highest BCUT2D eigenvalue weighted by Gasteiger charge is 2.53. The second-order valence-corrected chi connectivity index (χ2v) is 12.2. The molecule has 0 spiro atoms. The van der Waals surface area contributed by atoms with E-state index >= 15 is 0 Å². The summed E-state index contributed by atoms with van der Waals surface area (Å²) in [6.07, 6.45) is 3.77. The molecule has 214 valence electrons. The lowest BCUT2D eigenvalue weighted by Gasteiger charge is -2.42. The number of amides is 3. The Kier molecular flexibility index (Phi) is 7.66. The van der Waals surface area contributed by atoms with E-state index in [2.05, 4.69) is 5.32 Å². The number of hydrogen-bond acceptors (Lipinski definition) is 5. The Morgan fingerprint density at radius 1 is 1.07 bits per heavy atom. The fourth-order valence-corrected chi connectivity index (χ4v) is 7.22. The molecule has 40 heavy (non-hydrogen) atoms. The molecule has 3 aliphatic rings. The van der Waals surface area contributed by atoms with Crippen molar-refractivity contribution in [1.82, 2.24) is 10.2 Å². The van der Waals surface area contributed by atoms with Gasteiger partial charge in [0.2, 0.25) is 17.7 Å². The van der Waals surface area contributed by atoms with E-state index in [1.807, 2.05) is 79.2 Å². The number of methoxy groups -OCH3 is 1. The standard InChI is InChI=1S/C32H42N4O4/c1-31(2)25-7-5-6-8-27(25)36(30(31)39)23-14-17-35(18-15-23)28(37)26(19-21-9-11-24(40-4)12-10-21)32(29(33)38)16-13-22(20-32)34-3/h5-12,22-23,26,34H,13-20H2,1-4H3,(H2,33,38)/t22?,26-,32?/m1/s1. The molecule has 3 atom stereocenters. The normalized spacial score (nSPS) is 25.1. The van der Waals surface area contributed by atoms with Crippen LogP contribution < -0.4 is 20.7 Å². The monoisotopic (exact) mass is 546 g/mol. The van der Waals surface area contributed by atoms with Gasteiger partial charge in [-0.15, -0.1) is 0 Å². The number of ether oxygens (including phenoxy) is 1. The lowest BCUT2D eigenvalue weighted by molar-refractivity contribution is -0.148. The van der Waals surface area contributed by atoms with Gasteiger partial charge in [0, 0.05) is 30.9 Å². The fourth-order valence-electron chi connectivity index (χ4n) is 7.22. The van der Waals surface area contributed by atoms with Crippen LogP contribution in [0.4, 0.5) is 5.69 Å². The van der Waals surface area contributed by atoms with Gasteiger partial charge in [-0.25, -0.2) is 0 Å². The molecule has 1 saturated heterocycles. The Morgan fingerprint density at radius 3 is 2.35 bits per heavy atom. The Balaban J connectivity index is 1.37. The van der Waals surface area contributed by atoms with E-state index in [0.717, 1.165) is 29.0 Å². The lowest BCUT2D eigenvalue weighted by Crippen LogP contribution is -2.54. The Bertz CT molecular complexity index is 1270. The number of benzene rings is 2. The molecule has 0 bridgehead atoms. The van der Waals surface area contributed by atoms with Crippen LogP contribution in [0.1, 0.15) is 57.1 Å². The topological polar surface area (TPSA) is 105 Å². The molecule has 2 heterocycles. The minimum absolute atomic E-state index is 0.0155. The molecule has 0 aromatic heterocycles. The summed E-state index contributed by atoms with van der Waals surface area (Å²) in [6, 6.07) is 15.9. The van der Waals surface area contributed by atoms with Crippen molar-refractivity contribution in [3.63, 3.8) is 0 Å². The first kappa shape index (κ1) is 28.1. The molecule has 2 unspecified atom stereocenters. The number of primary amides is 1. The number of rotatable bonds is 8. The summed E-state index contributed by atoms with van der Waals surface area (Å²) < 4.78 is 5.31. The first-order valence-corrected chi connectivity index (χ1v) is 14.4. The smallest absolute Gasteiger partial charge is 0.237 e. The van der Waals surface area contributed by atoms with Crippen LogP contribution in [-0.4, -0.2) is 62.0 Å². The average Bonchev–Trinajstić information content (AvgIpc) is 3.50. The minimum Gasteiger partial charge on any atom is -0.497 e. The minimum atomic E-state index is -0.907. The van der Waals surface area contributed by atoms with E-state index in [1.165, 1.54) is 0 Å². The highest BCUT2D eigenvalue weighted by Crippen LogP contribution is 2.47. The predicted molar refractivity (Wildman–Crippen MR) is 155 cm³/mol. The second kappa shape index (κ2) is 10.9. The Labute approximate surface area is 237 Å². The van der Waals surface area contributed by atoms with Crippen LogP contribution in [0.5, 0.6) is 5.75 Å². The van der Waals surface area contributed by atoms with Gasteiger partial charge in [-0.3, -0.25) is 14.4 Å². The van der Waals surface area contributed by atoms with Crippen LogP contribution in [0.3, 0.4) is 0 Å². The molecule has 1 saturated carbocycles. The summed E-state index contributed by atoms with van der Waals surface area (Å²) in [5.74, 6) is -0.101. The third-order valence-corrected chi connectivity index (χ3v) is 9.74. The largest absolute Gasteiger partial charge is 0.497 e. The number of anilines is 1. The molecule has 0 radical (unpaired) electrons. The first-order chi connectivity index (χ1) is 19.1. The number of nitrogens with two attached hydrogens (primary N) is 1. The van der Waals surface area contributed by atoms with E-state index in [4.69, 9.17) is 10.5 Å². The van der Waals surface area contributed by atoms with Crippen LogP contribution in [0.25, 0.3) is 0 Å². The van der Waals surface area contributed by atoms with Crippen molar-refractivity contribution in [2.45, 2.75) is 69.9 Å². The Morgan fingerprint density at radius 2 is 1.75 bits per heavy atom. The molecule has 5 rings (SSSR count). The van der Waals surface area contributed by atoms with Crippen LogP contribution >= 0.6 is 0 Å². The maximum Gasteiger partial charge on any atom is 0.237 e. The van der Waals surface area contributed by atoms with E-state index in [-0.39, 0.29) is 23.9 Å².